The van der Waals surface area contributed by atoms with Gasteiger partial charge in [0.05, 0.1) is 0 Å². The molecule has 0 heterocycles. The van der Waals surface area contributed by atoms with Gasteiger partial charge in [-0.25, -0.2) is 0 Å². The molecule has 0 saturated heterocycles. The Morgan fingerprint density at radius 3 is 1.14 bits per heavy atom. The molecule has 0 rings (SSSR count). The van der Waals surface area contributed by atoms with E-state index in [1.807, 2.05) is 0 Å². The molecule has 0 aliphatic rings. The minimum Gasteiger partial charge on any atom is -1.00 e. The molecule has 0 aliphatic heterocycles. The number of rotatable bonds is 0. The van der Waals surface area contributed by atoms with Crippen LogP contribution in [0.5, 0.6) is 0 Å². The van der Waals surface area contributed by atoms with E-state index in [1.54, 1.807) is 0 Å². The molecule has 0 amide bonds. The molecule has 0 aromatic heterocycles. The van der Waals surface area contributed by atoms with Crippen LogP contribution in [0.4, 0.5) is 0 Å². The van der Waals surface area contributed by atoms with Gasteiger partial charge in [-0.05, 0) is 0 Å². The van der Waals surface area contributed by atoms with Gasteiger partial charge in [0.15, 0.2) is 17.4 Å². The van der Waals surface area contributed by atoms with Crippen LogP contribution in [0.25, 0.3) is 0 Å². The number of hydrogen-bond acceptors (Lipinski definition) is 4. The van der Waals surface area contributed by atoms with Gasteiger partial charge >= 0.3 is 38.6 Å². The van der Waals surface area contributed by atoms with E-state index in [9.17, 15) is 0 Å². The van der Waals surface area contributed by atoms with E-state index >= 15 is 0 Å². The van der Waals surface area contributed by atoms with E-state index in [2.05, 4.69) is 0 Å². The second-order valence-electron chi connectivity index (χ2n) is 0.600. The summed E-state index contributed by atoms with van der Waals surface area (Å²) < 4.78 is 0. The summed E-state index contributed by atoms with van der Waals surface area (Å²) in [6, 6.07) is 0. The van der Waals surface area contributed by atoms with Crippen LogP contribution in [0.15, 0.2) is 0 Å². The van der Waals surface area contributed by atoms with Crippen LogP contribution in [-0.4, -0.2) is 45.6 Å². The van der Waals surface area contributed by atoms with E-state index in [0.29, 0.717) is 0 Å². The molecule has 0 unspecified atom stereocenters. The van der Waals surface area contributed by atoms with Gasteiger partial charge < -0.3 is 20.6 Å². The van der Waals surface area contributed by atoms with Gasteiger partial charge in [0.1, 0.15) is 0 Å². The third-order valence-electron chi connectivity index (χ3n) is 0. The summed E-state index contributed by atoms with van der Waals surface area (Å²) in [5, 5.41) is 0. The maximum absolute atomic E-state index is 7.33. The smallest absolute Gasteiger partial charge is 1.00 e. The molecule has 0 aromatic carbocycles. The van der Waals surface area contributed by atoms with Crippen LogP contribution in [-0.2, 0) is 0 Å². The summed E-state index contributed by atoms with van der Waals surface area (Å²) in [5.41, 5.74) is 0. The zero-order valence-electron chi connectivity index (χ0n) is 4.29. The topological polar surface area (TPSA) is 80.9 Å². The van der Waals surface area contributed by atoms with Gasteiger partial charge in [0.2, 0.25) is 0 Å². The second-order valence-corrected chi connectivity index (χ2v) is 1.80. The van der Waals surface area contributed by atoms with Crippen LogP contribution in [0.3, 0.4) is 0 Å². The van der Waals surface area contributed by atoms with Crippen molar-refractivity contribution in [2.24, 2.45) is 0 Å². The summed E-state index contributed by atoms with van der Waals surface area (Å²) in [4.78, 5) is 29.3. The van der Waals surface area contributed by atoms with E-state index < -0.39 is 9.05 Å². The Balaban J connectivity index is -0.0000000133. The molecule has 42 valence electrons. The minimum absolute atomic E-state index is 0. The van der Waals surface area contributed by atoms with Crippen molar-refractivity contribution in [2.75, 3.05) is 0 Å². The van der Waals surface area contributed by atoms with Crippen molar-refractivity contribution in [3.63, 3.8) is 0 Å². The molecular weight excluding hydrogens is 142 g/mol. The van der Waals surface area contributed by atoms with Crippen molar-refractivity contribution in [2.45, 2.75) is 0 Å². The Labute approximate surface area is 77.7 Å². The van der Waals surface area contributed by atoms with E-state index in [4.69, 9.17) is 19.2 Å². The molecule has 0 fully saturated rings. The summed E-state index contributed by atoms with van der Waals surface area (Å²) in [6.45, 7) is 0. The van der Waals surface area contributed by atoms with Crippen LogP contribution < -0.4 is 29.6 Å². The van der Waals surface area contributed by atoms with Crippen molar-refractivity contribution < 1.29 is 51.6 Å². The Bertz CT molecular complexity index is 34.0. The van der Waals surface area contributed by atoms with Crippen molar-refractivity contribution in [1.29, 1.82) is 0 Å². The number of hydrogen-bond donors (Lipinski definition) is 4. The summed E-state index contributed by atoms with van der Waals surface area (Å²) >= 11 is 0. The SMILES string of the molecule is O[Si](O)(O)O.[AlH3].[H-].[HH].[Na+]. The van der Waals surface area contributed by atoms with Gasteiger partial charge in [0.25, 0.3) is 0 Å². The summed E-state index contributed by atoms with van der Waals surface area (Å²) in [5.74, 6) is 0. The Hall–Kier alpha value is 1.59. The van der Waals surface area contributed by atoms with Crippen LogP contribution in [0, 0.1) is 0 Å². The second kappa shape index (κ2) is 5.72. The molecule has 0 saturated carbocycles. The molecule has 7 heteroatoms. The van der Waals surface area contributed by atoms with Gasteiger partial charge in [-0.2, -0.15) is 0 Å². The molecule has 7 heavy (non-hydrogen) atoms. The molecule has 0 bridgehead atoms. The standard InChI is InChI=1S/Al.Na.H4O4Si.H2.4H/c;;1-5(2,3)4;;;;;/h;;1-4H;1H;;;;/q;+1;;;;;;-1. The third-order valence-corrected chi connectivity index (χ3v) is 0. The molecule has 0 radical (unpaired) electrons. The zero-order chi connectivity index (χ0) is 4.50. The van der Waals surface area contributed by atoms with E-state index in [0.717, 1.165) is 0 Å². The van der Waals surface area contributed by atoms with Crippen molar-refractivity contribution in [3.05, 3.63) is 0 Å². The average Bonchev–Trinajstić information content (AvgIpc) is 0.722. The largest absolute Gasteiger partial charge is 1.00 e. The van der Waals surface area contributed by atoms with Gasteiger partial charge in [-0.3, -0.25) is 0 Å². The van der Waals surface area contributed by atoms with Crippen molar-refractivity contribution in [1.82, 2.24) is 0 Å². The molecule has 0 atom stereocenters. The first-order chi connectivity index (χ1) is 2.00. The fourth-order valence-electron chi connectivity index (χ4n) is 0. The fraction of sp³-hybridized carbons (Fsp3) is 0. The molecule has 0 aliphatic carbocycles. The van der Waals surface area contributed by atoms with Gasteiger partial charge in [-0.15, -0.1) is 0 Å². The maximum atomic E-state index is 7.33. The van der Waals surface area contributed by atoms with Crippen molar-refractivity contribution >= 4 is 26.4 Å². The first kappa shape index (κ1) is 15.8. The molecule has 4 nitrogen and oxygen atoms in total. The predicted molar refractivity (Wildman–Crippen MR) is 27.8 cm³/mol. The average molecular weight is 152 g/mol. The Kier molecular flexibility index (Phi) is 12.9. The normalized spacial score (nSPS) is 8.57. The van der Waals surface area contributed by atoms with Crippen molar-refractivity contribution in [3.8, 4) is 0 Å². The molecular formula is H10AlNaO4Si. The summed E-state index contributed by atoms with van der Waals surface area (Å²) in [7, 11) is -4.61. The van der Waals surface area contributed by atoms with E-state index in [-0.39, 0.29) is 49.8 Å². The van der Waals surface area contributed by atoms with Crippen LogP contribution >= 0.6 is 0 Å². The first-order valence-electron chi connectivity index (χ1n) is 0.894. The zero-order valence-corrected chi connectivity index (χ0v) is 6.29. The molecule has 0 spiro atoms. The maximum Gasteiger partial charge on any atom is 1.00 e. The fourth-order valence-corrected chi connectivity index (χ4v) is 0. The first-order valence-corrected chi connectivity index (χ1v) is 2.68. The summed E-state index contributed by atoms with van der Waals surface area (Å²) in [6.07, 6.45) is 0. The van der Waals surface area contributed by atoms with Gasteiger partial charge in [0, 0.05) is 1.43 Å². The van der Waals surface area contributed by atoms with Gasteiger partial charge in [-0.1, -0.05) is 0 Å². The van der Waals surface area contributed by atoms with E-state index in [1.165, 1.54) is 0 Å². The Morgan fingerprint density at radius 2 is 1.14 bits per heavy atom. The third kappa shape index (κ3) is 93.9. The molecule has 0 aromatic rings. The minimum atomic E-state index is -4.61. The quantitative estimate of drug-likeness (QED) is 0.260. The van der Waals surface area contributed by atoms with Crippen LogP contribution in [0.2, 0.25) is 0 Å². The Morgan fingerprint density at radius 1 is 1.14 bits per heavy atom. The monoisotopic (exact) mass is 152 g/mol. The molecule has 4 N–H and O–H groups in total. The van der Waals surface area contributed by atoms with Crippen LogP contribution in [0.1, 0.15) is 2.85 Å². The predicted octanol–water partition coefficient (Wildman–Crippen LogP) is -6.43.